The van der Waals surface area contributed by atoms with E-state index in [0.717, 1.165) is 5.56 Å². The Bertz CT molecular complexity index is 1260. The molecular formula is C23H20ClNO5S. The fourth-order valence-corrected chi connectivity index (χ4v) is 5.52. The van der Waals surface area contributed by atoms with Crippen LogP contribution in [-0.4, -0.2) is 32.1 Å². The summed E-state index contributed by atoms with van der Waals surface area (Å²) in [6.45, 7) is 7.01. The van der Waals surface area contributed by atoms with E-state index >= 15 is 0 Å². The van der Waals surface area contributed by atoms with Crippen LogP contribution >= 0.6 is 11.6 Å². The van der Waals surface area contributed by atoms with Crippen molar-refractivity contribution in [2.24, 2.45) is 0 Å². The number of aryl methyl sites for hydroxylation is 1. The second kappa shape index (κ2) is 7.66. The quantitative estimate of drug-likeness (QED) is 0.702. The first-order valence-corrected chi connectivity index (χ1v) is 11.5. The summed E-state index contributed by atoms with van der Waals surface area (Å²) >= 11 is 6.23. The standard InChI is InChI=1S/C23H20ClNO5S/c1-12-7-9-15(10-8-12)31(28,29)23-20-19(11-18(25-23)13(2)14(3)26)30-22-16(21(20)27)5-4-6-17(22)24/h4-10,18-19,25H,2,11H2,1,3H3/t18-,19+/m0/s1. The Morgan fingerprint density at radius 2 is 1.87 bits per heavy atom. The van der Waals surface area contributed by atoms with Gasteiger partial charge in [-0.15, -0.1) is 0 Å². The number of ether oxygens (including phenoxy) is 1. The fraction of sp³-hybridized carbons (Fsp3) is 0.217. The summed E-state index contributed by atoms with van der Waals surface area (Å²) < 4.78 is 33.1. The summed E-state index contributed by atoms with van der Waals surface area (Å²) in [5, 5.41) is 2.89. The second-order valence-electron chi connectivity index (χ2n) is 7.63. The first-order chi connectivity index (χ1) is 14.6. The summed E-state index contributed by atoms with van der Waals surface area (Å²) in [4.78, 5) is 25.3. The van der Waals surface area contributed by atoms with Gasteiger partial charge in [0.2, 0.25) is 9.84 Å². The third kappa shape index (κ3) is 3.58. The maximum atomic E-state index is 13.5. The van der Waals surface area contributed by atoms with E-state index in [-0.39, 0.29) is 49.6 Å². The molecule has 2 heterocycles. The van der Waals surface area contributed by atoms with E-state index in [1.54, 1.807) is 30.3 Å². The highest BCUT2D eigenvalue weighted by Gasteiger charge is 2.44. The van der Waals surface area contributed by atoms with Crippen molar-refractivity contribution in [3.05, 3.63) is 81.4 Å². The van der Waals surface area contributed by atoms with Crippen LogP contribution in [0.5, 0.6) is 5.75 Å². The average molecular weight is 458 g/mol. The van der Waals surface area contributed by atoms with Crippen LogP contribution in [-0.2, 0) is 14.6 Å². The van der Waals surface area contributed by atoms with Gasteiger partial charge in [0.1, 0.15) is 16.9 Å². The number of fused-ring (bicyclic) bond motifs is 2. The highest BCUT2D eigenvalue weighted by Crippen LogP contribution is 2.42. The molecule has 2 aliphatic rings. The van der Waals surface area contributed by atoms with Crippen LogP contribution in [0.1, 0.15) is 29.3 Å². The van der Waals surface area contributed by atoms with Crippen molar-refractivity contribution in [2.75, 3.05) is 0 Å². The summed E-state index contributed by atoms with van der Waals surface area (Å²) in [6.07, 6.45) is -0.727. The number of benzene rings is 2. The Morgan fingerprint density at radius 1 is 1.19 bits per heavy atom. The van der Waals surface area contributed by atoms with Crippen LogP contribution in [0, 0.1) is 6.92 Å². The summed E-state index contributed by atoms with van der Waals surface area (Å²) in [5.41, 5.74) is 1.30. The van der Waals surface area contributed by atoms with Gasteiger partial charge in [0, 0.05) is 12.0 Å². The number of rotatable bonds is 4. The smallest absolute Gasteiger partial charge is 0.222 e. The largest absolute Gasteiger partial charge is 0.483 e. The predicted molar refractivity (Wildman–Crippen MR) is 117 cm³/mol. The van der Waals surface area contributed by atoms with Crippen LogP contribution in [0.2, 0.25) is 5.02 Å². The summed E-state index contributed by atoms with van der Waals surface area (Å²) in [5.74, 6) is -0.545. The minimum atomic E-state index is -4.10. The molecule has 0 radical (unpaired) electrons. The number of hydrogen-bond acceptors (Lipinski definition) is 6. The van der Waals surface area contributed by atoms with E-state index in [0.29, 0.717) is 0 Å². The van der Waals surface area contributed by atoms with Gasteiger partial charge in [0.25, 0.3) is 0 Å². The molecule has 0 bridgehead atoms. The number of sulfone groups is 1. The van der Waals surface area contributed by atoms with E-state index in [2.05, 4.69) is 11.9 Å². The second-order valence-corrected chi connectivity index (χ2v) is 9.92. The van der Waals surface area contributed by atoms with Gasteiger partial charge in [-0.2, -0.15) is 0 Å². The lowest BCUT2D eigenvalue weighted by Crippen LogP contribution is -2.48. The zero-order valence-corrected chi connectivity index (χ0v) is 18.5. The van der Waals surface area contributed by atoms with E-state index in [1.807, 2.05) is 6.92 Å². The maximum Gasteiger partial charge on any atom is 0.222 e. The van der Waals surface area contributed by atoms with Gasteiger partial charge >= 0.3 is 0 Å². The van der Waals surface area contributed by atoms with Crippen LogP contribution in [0.15, 0.2) is 70.1 Å². The zero-order valence-electron chi connectivity index (χ0n) is 16.9. The summed E-state index contributed by atoms with van der Waals surface area (Å²) in [6, 6.07) is 10.4. The Hall–Kier alpha value is -2.90. The van der Waals surface area contributed by atoms with Gasteiger partial charge < -0.3 is 10.1 Å². The number of carbonyl (C=O) groups is 2. The fourth-order valence-electron chi connectivity index (χ4n) is 3.76. The lowest BCUT2D eigenvalue weighted by atomic mass is 9.87. The van der Waals surface area contributed by atoms with Gasteiger partial charge in [-0.25, -0.2) is 8.42 Å². The van der Waals surface area contributed by atoms with Crippen LogP contribution < -0.4 is 10.1 Å². The lowest BCUT2D eigenvalue weighted by molar-refractivity contribution is -0.113. The van der Waals surface area contributed by atoms with Crippen molar-refractivity contribution in [1.82, 2.24) is 5.32 Å². The summed E-state index contributed by atoms with van der Waals surface area (Å²) in [7, 11) is -4.10. The molecular weight excluding hydrogens is 438 g/mol. The van der Waals surface area contributed by atoms with Gasteiger partial charge in [-0.1, -0.05) is 41.9 Å². The molecule has 0 aliphatic carbocycles. The third-order valence-electron chi connectivity index (χ3n) is 5.51. The van der Waals surface area contributed by atoms with Crippen molar-refractivity contribution >= 4 is 33.0 Å². The van der Waals surface area contributed by atoms with E-state index in [4.69, 9.17) is 16.3 Å². The van der Waals surface area contributed by atoms with Gasteiger partial charge in [0.05, 0.1) is 27.1 Å². The van der Waals surface area contributed by atoms with E-state index in [9.17, 15) is 18.0 Å². The highest BCUT2D eigenvalue weighted by atomic mass is 35.5. The molecule has 8 heteroatoms. The van der Waals surface area contributed by atoms with E-state index < -0.39 is 27.8 Å². The molecule has 160 valence electrons. The SMILES string of the molecule is C=C(C(C)=O)[C@@H]1C[C@H]2Oc3c(Cl)cccc3C(=O)C2=C(S(=O)(=O)c2ccc(C)cc2)N1. The molecule has 0 aromatic heterocycles. The molecule has 0 fully saturated rings. The van der Waals surface area contributed by atoms with Crippen LogP contribution in [0.25, 0.3) is 0 Å². The number of hydrogen-bond donors (Lipinski definition) is 1. The Labute approximate surface area is 185 Å². The van der Waals surface area contributed by atoms with Gasteiger partial charge in [-0.05, 0) is 38.1 Å². The molecule has 4 rings (SSSR count). The Morgan fingerprint density at radius 3 is 2.52 bits per heavy atom. The monoisotopic (exact) mass is 457 g/mol. The zero-order chi connectivity index (χ0) is 22.5. The van der Waals surface area contributed by atoms with E-state index in [1.165, 1.54) is 19.1 Å². The highest BCUT2D eigenvalue weighted by molar-refractivity contribution is 7.95. The van der Waals surface area contributed by atoms with Gasteiger partial charge in [0.15, 0.2) is 11.6 Å². The number of carbonyl (C=O) groups excluding carboxylic acids is 2. The minimum Gasteiger partial charge on any atom is -0.483 e. The molecule has 0 saturated heterocycles. The van der Waals surface area contributed by atoms with Crippen molar-refractivity contribution in [2.45, 2.75) is 37.3 Å². The first-order valence-electron chi connectivity index (χ1n) is 9.63. The molecule has 6 nitrogen and oxygen atoms in total. The van der Waals surface area contributed by atoms with Crippen LogP contribution in [0.4, 0.5) is 0 Å². The molecule has 31 heavy (non-hydrogen) atoms. The molecule has 0 unspecified atom stereocenters. The molecule has 0 amide bonds. The maximum absolute atomic E-state index is 13.5. The molecule has 0 spiro atoms. The Kier molecular flexibility index (Phi) is 5.27. The van der Waals surface area contributed by atoms with Crippen molar-refractivity contribution < 1.29 is 22.7 Å². The van der Waals surface area contributed by atoms with Crippen molar-refractivity contribution in [3.63, 3.8) is 0 Å². The predicted octanol–water partition coefficient (Wildman–Crippen LogP) is 3.78. The molecule has 2 aromatic rings. The van der Waals surface area contributed by atoms with Crippen LogP contribution in [0.3, 0.4) is 0 Å². The molecule has 1 N–H and O–H groups in total. The number of halogens is 1. The first kappa shape index (κ1) is 21.3. The topological polar surface area (TPSA) is 89.5 Å². The molecule has 0 saturated carbocycles. The number of Topliss-reactive ketones (excluding diaryl/α,β-unsaturated/α-hetero) is 2. The number of para-hydroxylation sites is 1. The Balaban J connectivity index is 1.93. The molecule has 2 aliphatic heterocycles. The number of ketones is 2. The molecule has 2 aromatic carbocycles. The minimum absolute atomic E-state index is 0.00273. The van der Waals surface area contributed by atoms with Crippen molar-refractivity contribution in [1.29, 1.82) is 0 Å². The van der Waals surface area contributed by atoms with Crippen molar-refractivity contribution in [3.8, 4) is 5.75 Å². The third-order valence-corrected chi connectivity index (χ3v) is 7.58. The average Bonchev–Trinajstić information content (AvgIpc) is 2.73. The normalized spacial score (nSPS) is 20.3. The van der Waals surface area contributed by atoms with Gasteiger partial charge in [-0.3, -0.25) is 9.59 Å². The number of nitrogens with one attached hydrogen (secondary N) is 1. The molecule has 2 atom stereocenters. The lowest BCUT2D eigenvalue weighted by Gasteiger charge is -2.37.